The predicted molar refractivity (Wildman–Crippen MR) is 49.5 cm³/mol. The lowest BCUT2D eigenvalue weighted by Gasteiger charge is -2.39. The number of halogens is 1. The van der Waals surface area contributed by atoms with Gasteiger partial charge in [0.05, 0.1) is 0 Å². The maximum absolute atomic E-state index is 14.3. The standard InChI is InChI=1S/C10H18FNO/c11-10(4-1-5-12-8-10)9-2-6-13-7-3-9/h9,12H,1-8H2. The zero-order valence-electron chi connectivity index (χ0n) is 8.02. The number of hydrogen-bond donors (Lipinski definition) is 1. The van der Waals surface area contributed by atoms with Gasteiger partial charge in [0.2, 0.25) is 0 Å². The molecule has 2 rings (SSSR count). The molecular formula is C10H18FNO. The van der Waals surface area contributed by atoms with Crippen LogP contribution < -0.4 is 5.32 Å². The van der Waals surface area contributed by atoms with Crippen molar-refractivity contribution in [2.75, 3.05) is 26.3 Å². The molecule has 0 amide bonds. The van der Waals surface area contributed by atoms with Crippen molar-refractivity contribution >= 4 is 0 Å². The van der Waals surface area contributed by atoms with Gasteiger partial charge < -0.3 is 10.1 Å². The quantitative estimate of drug-likeness (QED) is 0.671. The summed E-state index contributed by atoms with van der Waals surface area (Å²) in [5.74, 6) is 0.231. The van der Waals surface area contributed by atoms with Crippen LogP contribution in [0, 0.1) is 5.92 Å². The minimum absolute atomic E-state index is 0.231. The molecule has 13 heavy (non-hydrogen) atoms. The lowest BCUT2D eigenvalue weighted by molar-refractivity contribution is -0.0230. The fourth-order valence-electron chi connectivity index (χ4n) is 2.46. The van der Waals surface area contributed by atoms with E-state index in [9.17, 15) is 4.39 Å². The predicted octanol–water partition coefficient (Wildman–Crippen LogP) is 1.50. The van der Waals surface area contributed by atoms with Crippen molar-refractivity contribution in [3.63, 3.8) is 0 Å². The Hall–Kier alpha value is -0.150. The Morgan fingerprint density at radius 3 is 2.69 bits per heavy atom. The van der Waals surface area contributed by atoms with Crippen LogP contribution in [0.2, 0.25) is 0 Å². The Balaban J connectivity index is 1.94. The fourth-order valence-corrected chi connectivity index (χ4v) is 2.46. The molecule has 0 aromatic rings. The Labute approximate surface area is 78.8 Å². The first-order chi connectivity index (χ1) is 6.31. The first-order valence-corrected chi connectivity index (χ1v) is 5.29. The fraction of sp³-hybridized carbons (Fsp3) is 1.00. The molecular weight excluding hydrogens is 169 g/mol. The van der Waals surface area contributed by atoms with Gasteiger partial charge in [-0.25, -0.2) is 4.39 Å². The molecule has 2 saturated heterocycles. The first kappa shape index (κ1) is 9.41. The molecule has 3 heteroatoms. The van der Waals surface area contributed by atoms with E-state index in [4.69, 9.17) is 4.74 Å². The summed E-state index contributed by atoms with van der Waals surface area (Å²) in [6, 6.07) is 0. The zero-order chi connectivity index (χ0) is 9.15. The lowest BCUT2D eigenvalue weighted by atomic mass is 9.79. The van der Waals surface area contributed by atoms with E-state index in [-0.39, 0.29) is 5.92 Å². The van der Waals surface area contributed by atoms with Crippen molar-refractivity contribution in [2.24, 2.45) is 5.92 Å². The van der Waals surface area contributed by atoms with Gasteiger partial charge in [0.15, 0.2) is 0 Å². The van der Waals surface area contributed by atoms with Crippen LogP contribution in [0.1, 0.15) is 25.7 Å². The summed E-state index contributed by atoms with van der Waals surface area (Å²) >= 11 is 0. The molecule has 0 aromatic carbocycles. The van der Waals surface area contributed by atoms with E-state index in [1.54, 1.807) is 0 Å². The number of ether oxygens (including phenoxy) is 1. The number of alkyl halides is 1. The van der Waals surface area contributed by atoms with Crippen molar-refractivity contribution in [1.29, 1.82) is 0 Å². The molecule has 2 aliphatic rings. The number of piperidine rings is 1. The van der Waals surface area contributed by atoms with E-state index in [1.165, 1.54) is 0 Å². The summed E-state index contributed by atoms with van der Waals surface area (Å²) in [7, 11) is 0. The van der Waals surface area contributed by atoms with Crippen molar-refractivity contribution < 1.29 is 9.13 Å². The molecule has 1 atom stereocenters. The van der Waals surface area contributed by atoms with Gasteiger partial charge >= 0.3 is 0 Å². The van der Waals surface area contributed by atoms with Gasteiger partial charge in [-0.2, -0.15) is 0 Å². The summed E-state index contributed by atoms with van der Waals surface area (Å²) in [5, 5.41) is 3.16. The summed E-state index contributed by atoms with van der Waals surface area (Å²) in [4.78, 5) is 0. The Morgan fingerprint density at radius 2 is 2.08 bits per heavy atom. The highest BCUT2D eigenvalue weighted by Crippen LogP contribution is 2.35. The van der Waals surface area contributed by atoms with Crippen LogP contribution in [0.3, 0.4) is 0 Å². The average Bonchev–Trinajstić information content (AvgIpc) is 2.20. The van der Waals surface area contributed by atoms with Gasteiger partial charge in [0.1, 0.15) is 5.67 Å². The zero-order valence-corrected chi connectivity index (χ0v) is 8.02. The largest absolute Gasteiger partial charge is 0.381 e. The van der Waals surface area contributed by atoms with Crippen molar-refractivity contribution in [3.05, 3.63) is 0 Å². The molecule has 0 saturated carbocycles. The van der Waals surface area contributed by atoms with Crippen LogP contribution in [0.25, 0.3) is 0 Å². The van der Waals surface area contributed by atoms with Crippen LogP contribution >= 0.6 is 0 Å². The second-order valence-corrected chi connectivity index (χ2v) is 4.20. The van der Waals surface area contributed by atoms with Gasteiger partial charge in [0.25, 0.3) is 0 Å². The molecule has 0 bridgehead atoms. The lowest BCUT2D eigenvalue weighted by Crippen LogP contribution is -2.49. The summed E-state index contributed by atoms with van der Waals surface area (Å²) in [6.07, 6.45) is 3.52. The highest BCUT2D eigenvalue weighted by atomic mass is 19.1. The van der Waals surface area contributed by atoms with E-state index >= 15 is 0 Å². The maximum Gasteiger partial charge on any atom is 0.126 e. The molecule has 1 N–H and O–H groups in total. The molecule has 0 aliphatic carbocycles. The molecule has 0 spiro atoms. The van der Waals surface area contributed by atoms with Gasteiger partial charge in [0, 0.05) is 19.8 Å². The van der Waals surface area contributed by atoms with Crippen molar-refractivity contribution in [2.45, 2.75) is 31.4 Å². The third-order valence-corrected chi connectivity index (χ3v) is 3.32. The Bertz CT molecular complexity index is 162. The average molecular weight is 187 g/mol. The second-order valence-electron chi connectivity index (χ2n) is 4.20. The maximum atomic E-state index is 14.3. The third kappa shape index (κ3) is 2.02. The van der Waals surface area contributed by atoms with Crippen LogP contribution in [0.5, 0.6) is 0 Å². The molecule has 2 heterocycles. The molecule has 0 radical (unpaired) electrons. The van der Waals surface area contributed by atoms with Crippen LogP contribution in [0.4, 0.5) is 4.39 Å². The molecule has 76 valence electrons. The van der Waals surface area contributed by atoms with Gasteiger partial charge in [-0.1, -0.05) is 0 Å². The number of hydrogen-bond acceptors (Lipinski definition) is 2. The summed E-state index contributed by atoms with van der Waals surface area (Å²) in [5.41, 5.74) is -0.942. The minimum atomic E-state index is -0.942. The smallest absolute Gasteiger partial charge is 0.126 e. The van der Waals surface area contributed by atoms with Crippen molar-refractivity contribution in [1.82, 2.24) is 5.32 Å². The highest BCUT2D eigenvalue weighted by molar-refractivity contribution is 4.92. The monoisotopic (exact) mass is 187 g/mol. The third-order valence-electron chi connectivity index (χ3n) is 3.32. The molecule has 1 unspecified atom stereocenters. The molecule has 2 aliphatic heterocycles. The molecule has 2 nitrogen and oxygen atoms in total. The van der Waals surface area contributed by atoms with Gasteiger partial charge in [-0.15, -0.1) is 0 Å². The van der Waals surface area contributed by atoms with Gasteiger partial charge in [-0.3, -0.25) is 0 Å². The first-order valence-electron chi connectivity index (χ1n) is 5.29. The van der Waals surface area contributed by atoms with E-state index in [2.05, 4.69) is 5.32 Å². The minimum Gasteiger partial charge on any atom is -0.381 e. The van der Waals surface area contributed by atoms with E-state index in [1.807, 2.05) is 0 Å². The summed E-state index contributed by atoms with van der Waals surface area (Å²) in [6.45, 7) is 3.03. The van der Waals surface area contributed by atoms with Gasteiger partial charge in [-0.05, 0) is 38.1 Å². The molecule has 2 fully saturated rings. The number of nitrogens with one attached hydrogen (secondary N) is 1. The van der Waals surface area contributed by atoms with Crippen LogP contribution in [0.15, 0.2) is 0 Å². The van der Waals surface area contributed by atoms with E-state index in [0.29, 0.717) is 6.54 Å². The van der Waals surface area contributed by atoms with Crippen LogP contribution in [-0.4, -0.2) is 32.0 Å². The number of rotatable bonds is 1. The topological polar surface area (TPSA) is 21.3 Å². The van der Waals surface area contributed by atoms with Crippen molar-refractivity contribution in [3.8, 4) is 0 Å². The summed E-state index contributed by atoms with van der Waals surface area (Å²) < 4.78 is 19.6. The van der Waals surface area contributed by atoms with E-state index < -0.39 is 5.67 Å². The normalized spacial score (nSPS) is 37.6. The Kier molecular flexibility index (Phi) is 2.84. The molecule has 0 aromatic heterocycles. The highest BCUT2D eigenvalue weighted by Gasteiger charge is 2.40. The second kappa shape index (κ2) is 3.93. The van der Waals surface area contributed by atoms with E-state index in [0.717, 1.165) is 45.4 Å². The SMILES string of the molecule is FC1(C2CCOCC2)CCCNC1. The van der Waals surface area contributed by atoms with Crippen LogP contribution in [-0.2, 0) is 4.74 Å². The Morgan fingerprint density at radius 1 is 1.31 bits per heavy atom.